The van der Waals surface area contributed by atoms with Crippen LogP contribution in [0.1, 0.15) is 36.1 Å². The minimum Gasteiger partial charge on any atom is -0.463 e. The Balaban J connectivity index is 2.14. The lowest BCUT2D eigenvalue weighted by Gasteiger charge is -2.11. The first-order valence-electron chi connectivity index (χ1n) is 8.26. The molecule has 0 fully saturated rings. The number of anilines is 1. The maximum Gasteiger partial charge on any atom is 0.138 e. The summed E-state index contributed by atoms with van der Waals surface area (Å²) < 4.78 is 5.89. The predicted octanol–water partition coefficient (Wildman–Crippen LogP) is 5.81. The molecule has 3 rings (SSSR count). The Bertz CT molecular complexity index is 854. The lowest BCUT2D eigenvalue weighted by molar-refractivity contribution is 0.614. The maximum atomic E-state index is 6.29. The van der Waals surface area contributed by atoms with Gasteiger partial charge in [-0.05, 0) is 60.9 Å². The van der Waals surface area contributed by atoms with E-state index in [4.69, 9.17) is 10.2 Å². The molecule has 3 aromatic rings. The van der Waals surface area contributed by atoms with E-state index in [1.807, 2.05) is 6.26 Å². The van der Waals surface area contributed by atoms with Crippen LogP contribution < -0.4 is 5.73 Å². The van der Waals surface area contributed by atoms with Gasteiger partial charge < -0.3 is 10.2 Å². The summed E-state index contributed by atoms with van der Waals surface area (Å²) in [6.07, 6.45) is 2.97. The van der Waals surface area contributed by atoms with Gasteiger partial charge in [0, 0.05) is 16.6 Å². The zero-order chi connectivity index (χ0) is 16.7. The molecular formula is C21H25NO. The number of furan rings is 1. The number of fused-ring (bicyclic) bond motifs is 1. The molecule has 120 valence electrons. The van der Waals surface area contributed by atoms with Crippen molar-refractivity contribution >= 4 is 16.7 Å². The summed E-state index contributed by atoms with van der Waals surface area (Å²) >= 11 is 0. The highest BCUT2D eigenvalue weighted by Gasteiger charge is 2.17. The van der Waals surface area contributed by atoms with Crippen molar-refractivity contribution in [1.82, 2.24) is 0 Å². The molecule has 0 saturated carbocycles. The lowest BCUT2D eigenvalue weighted by Crippen LogP contribution is -1.97. The molecule has 23 heavy (non-hydrogen) atoms. The molecule has 0 bridgehead atoms. The second-order valence-corrected chi connectivity index (χ2v) is 6.94. The molecule has 2 N–H and O–H groups in total. The van der Waals surface area contributed by atoms with Crippen molar-refractivity contribution in [3.8, 4) is 11.1 Å². The normalized spacial score (nSPS) is 11.6. The number of hydrogen-bond acceptors (Lipinski definition) is 2. The number of nitrogens with two attached hydrogens (primary N) is 1. The van der Waals surface area contributed by atoms with E-state index in [1.165, 1.54) is 11.1 Å². The van der Waals surface area contributed by atoms with Gasteiger partial charge >= 0.3 is 0 Å². The van der Waals surface area contributed by atoms with E-state index in [0.29, 0.717) is 5.92 Å². The minimum absolute atomic E-state index is 0.670. The Morgan fingerprint density at radius 2 is 1.61 bits per heavy atom. The quantitative estimate of drug-likeness (QED) is 0.620. The summed E-state index contributed by atoms with van der Waals surface area (Å²) in [5.41, 5.74) is 15.2. The average molecular weight is 307 g/mol. The van der Waals surface area contributed by atoms with Gasteiger partial charge in [0.15, 0.2) is 0 Å². The smallest absolute Gasteiger partial charge is 0.138 e. The zero-order valence-corrected chi connectivity index (χ0v) is 14.7. The van der Waals surface area contributed by atoms with E-state index in [0.717, 1.165) is 45.3 Å². The first-order valence-corrected chi connectivity index (χ1v) is 8.26. The summed E-state index contributed by atoms with van der Waals surface area (Å²) in [6, 6.07) is 8.81. The van der Waals surface area contributed by atoms with Crippen molar-refractivity contribution < 1.29 is 4.42 Å². The summed E-state index contributed by atoms with van der Waals surface area (Å²) in [6.45, 7) is 10.7. The summed E-state index contributed by atoms with van der Waals surface area (Å²) in [7, 11) is 0. The Labute approximate surface area is 138 Å². The van der Waals surface area contributed by atoms with Crippen molar-refractivity contribution in [2.75, 3.05) is 5.73 Å². The molecule has 1 heterocycles. The molecule has 0 atom stereocenters. The fourth-order valence-electron chi connectivity index (χ4n) is 3.30. The van der Waals surface area contributed by atoms with Gasteiger partial charge in [0.25, 0.3) is 0 Å². The van der Waals surface area contributed by atoms with Gasteiger partial charge in [-0.15, -0.1) is 0 Å². The van der Waals surface area contributed by atoms with E-state index in [1.54, 1.807) is 0 Å². The number of aryl methyl sites for hydroxylation is 2. The second kappa shape index (κ2) is 5.77. The number of benzene rings is 2. The first kappa shape index (κ1) is 15.7. The molecule has 2 heteroatoms. The summed E-state index contributed by atoms with van der Waals surface area (Å²) in [5.74, 6) is 0.670. The van der Waals surface area contributed by atoms with E-state index in [-0.39, 0.29) is 0 Å². The lowest BCUT2D eigenvalue weighted by atomic mass is 9.94. The Morgan fingerprint density at radius 1 is 0.957 bits per heavy atom. The number of hydrogen-bond donors (Lipinski definition) is 1. The van der Waals surface area contributed by atoms with Crippen LogP contribution in [0, 0.1) is 26.7 Å². The zero-order valence-electron chi connectivity index (χ0n) is 14.7. The number of nitrogen functional groups attached to an aromatic ring is 1. The van der Waals surface area contributed by atoms with E-state index < -0.39 is 0 Å². The number of rotatable bonds is 3. The molecule has 0 aliphatic heterocycles. The molecule has 0 aliphatic rings. The fraction of sp³-hybridized carbons (Fsp3) is 0.333. The fourth-order valence-corrected chi connectivity index (χ4v) is 3.30. The van der Waals surface area contributed by atoms with Gasteiger partial charge in [-0.3, -0.25) is 0 Å². The topological polar surface area (TPSA) is 39.2 Å². The highest BCUT2D eigenvalue weighted by atomic mass is 16.3. The summed E-state index contributed by atoms with van der Waals surface area (Å²) in [5, 5.41) is 1.14. The van der Waals surface area contributed by atoms with Crippen molar-refractivity contribution in [3.63, 3.8) is 0 Å². The predicted molar refractivity (Wildman–Crippen MR) is 98.8 cm³/mol. The molecule has 0 unspecified atom stereocenters. The van der Waals surface area contributed by atoms with Crippen molar-refractivity contribution in [2.45, 2.75) is 41.0 Å². The largest absolute Gasteiger partial charge is 0.463 e. The molecule has 0 saturated heterocycles. The van der Waals surface area contributed by atoms with Crippen molar-refractivity contribution in [3.05, 3.63) is 52.8 Å². The van der Waals surface area contributed by atoms with Crippen LogP contribution in [0.2, 0.25) is 0 Å². The summed E-state index contributed by atoms with van der Waals surface area (Å²) in [4.78, 5) is 0. The monoisotopic (exact) mass is 307 g/mol. The molecule has 2 aromatic carbocycles. The van der Waals surface area contributed by atoms with Gasteiger partial charge in [0.2, 0.25) is 0 Å². The molecule has 0 aliphatic carbocycles. The first-order chi connectivity index (χ1) is 10.9. The van der Waals surface area contributed by atoms with Gasteiger partial charge in [-0.2, -0.15) is 0 Å². The van der Waals surface area contributed by atoms with Crippen LogP contribution in [-0.2, 0) is 6.42 Å². The Hall–Kier alpha value is -2.22. The molecule has 1 aromatic heterocycles. The molecule has 0 amide bonds. The van der Waals surface area contributed by atoms with E-state index in [9.17, 15) is 0 Å². The van der Waals surface area contributed by atoms with Crippen LogP contribution in [0.25, 0.3) is 22.1 Å². The van der Waals surface area contributed by atoms with Gasteiger partial charge in [0.05, 0.1) is 6.26 Å². The van der Waals surface area contributed by atoms with E-state index >= 15 is 0 Å². The van der Waals surface area contributed by atoms with Gasteiger partial charge in [0.1, 0.15) is 5.58 Å². The van der Waals surface area contributed by atoms with Crippen LogP contribution in [0.5, 0.6) is 0 Å². The van der Waals surface area contributed by atoms with Crippen molar-refractivity contribution in [1.29, 1.82) is 0 Å². The third-order valence-electron chi connectivity index (χ3n) is 4.79. The van der Waals surface area contributed by atoms with Crippen LogP contribution in [0.15, 0.2) is 34.9 Å². The van der Waals surface area contributed by atoms with Gasteiger partial charge in [-0.25, -0.2) is 0 Å². The average Bonchev–Trinajstić information content (AvgIpc) is 2.96. The SMILES string of the molecule is Cc1c(N)c(C)c2c(-c3ccc(CC(C)C)cc3)coc2c1C. The minimum atomic E-state index is 0.670. The third-order valence-corrected chi connectivity index (χ3v) is 4.79. The molecule has 0 radical (unpaired) electrons. The standard InChI is InChI=1S/C21H25NO/c1-12(2)10-16-6-8-17(9-7-16)18-11-23-21-14(4)13(3)20(22)15(5)19(18)21/h6-9,11-12H,10,22H2,1-5H3. The van der Waals surface area contributed by atoms with E-state index in [2.05, 4.69) is 58.9 Å². The van der Waals surface area contributed by atoms with Crippen molar-refractivity contribution in [2.24, 2.45) is 5.92 Å². The Kier molecular flexibility index (Phi) is 3.93. The van der Waals surface area contributed by atoms with Crippen LogP contribution in [0.4, 0.5) is 5.69 Å². The maximum absolute atomic E-state index is 6.29. The van der Waals surface area contributed by atoms with Crippen LogP contribution >= 0.6 is 0 Å². The van der Waals surface area contributed by atoms with Crippen LogP contribution in [-0.4, -0.2) is 0 Å². The molecule has 0 spiro atoms. The third kappa shape index (κ3) is 2.63. The highest BCUT2D eigenvalue weighted by molar-refractivity contribution is 6.01. The molecular weight excluding hydrogens is 282 g/mol. The molecule has 2 nitrogen and oxygen atoms in total. The second-order valence-electron chi connectivity index (χ2n) is 6.94. The highest BCUT2D eigenvalue weighted by Crippen LogP contribution is 2.39. The van der Waals surface area contributed by atoms with Gasteiger partial charge in [-0.1, -0.05) is 38.1 Å². The van der Waals surface area contributed by atoms with Crippen LogP contribution in [0.3, 0.4) is 0 Å². The Morgan fingerprint density at radius 3 is 2.22 bits per heavy atom.